The van der Waals surface area contributed by atoms with Gasteiger partial charge in [0.25, 0.3) is 0 Å². The van der Waals surface area contributed by atoms with Gasteiger partial charge in [-0.05, 0) is 0 Å². The van der Waals surface area contributed by atoms with Crippen molar-refractivity contribution in [1.82, 2.24) is 4.98 Å². The van der Waals surface area contributed by atoms with Crippen LogP contribution in [0.3, 0.4) is 0 Å². The van der Waals surface area contributed by atoms with E-state index in [1.807, 2.05) is 0 Å². The summed E-state index contributed by atoms with van der Waals surface area (Å²) in [5.41, 5.74) is 0.890. The first-order valence-corrected chi connectivity index (χ1v) is 2.89. The van der Waals surface area contributed by atoms with Crippen molar-refractivity contribution in [3.63, 3.8) is 0 Å². The predicted molar refractivity (Wildman–Crippen MR) is 32.7 cm³/mol. The van der Waals surface area contributed by atoms with Crippen LogP contribution in [-0.2, 0) is 6.42 Å². The van der Waals surface area contributed by atoms with Gasteiger partial charge in [0.05, 0.1) is 6.21 Å². The van der Waals surface area contributed by atoms with Crippen LogP contribution in [0.25, 0.3) is 0 Å². The lowest BCUT2D eigenvalue weighted by atomic mass is 10.2. The lowest BCUT2D eigenvalue weighted by Crippen LogP contribution is -1.99. The number of hydrogen-bond donors (Lipinski definition) is 0. The average Bonchev–Trinajstić information content (AvgIpc) is 2.33. The van der Waals surface area contributed by atoms with Crippen molar-refractivity contribution < 1.29 is 4.42 Å². The first-order valence-electron chi connectivity index (χ1n) is 2.89. The van der Waals surface area contributed by atoms with Crippen molar-refractivity contribution in [1.29, 1.82) is 0 Å². The molecule has 1 aliphatic heterocycles. The van der Waals surface area contributed by atoms with Crippen LogP contribution in [0.5, 0.6) is 0 Å². The number of rotatable bonds is 0. The molecule has 0 radical (unpaired) electrons. The number of aliphatic imine (C=N–C) groups is 1. The molecule has 1 aliphatic rings. The van der Waals surface area contributed by atoms with Crippen molar-refractivity contribution in [2.24, 2.45) is 4.99 Å². The number of hydrogen-bond acceptors (Lipinski definition) is 3. The Kier molecular flexibility index (Phi) is 0.886. The van der Waals surface area contributed by atoms with E-state index in [4.69, 9.17) is 4.42 Å². The first kappa shape index (κ1) is 4.73. The Morgan fingerprint density at radius 3 is 3.44 bits per heavy atom. The maximum Gasteiger partial charge on any atom is 0.181 e. The molecule has 1 aromatic heterocycles. The fraction of sp³-hybridized carbons (Fsp3) is 0.333. The van der Waals surface area contributed by atoms with Crippen molar-refractivity contribution in [3.8, 4) is 0 Å². The molecular formula is C6H6N2O. The minimum atomic E-state index is 0.836. The second kappa shape index (κ2) is 1.69. The monoisotopic (exact) mass is 122 g/mol. The second-order valence-electron chi connectivity index (χ2n) is 1.95. The minimum Gasteiger partial charge on any atom is -0.448 e. The Hall–Kier alpha value is -1.12. The van der Waals surface area contributed by atoms with Gasteiger partial charge in [-0.25, -0.2) is 4.98 Å². The van der Waals surface area contributed by atoms with Gasteiger partial charge in [0.2, 0.25) is 0 Å². The van der Waals surface area contributed by atoms with Gasteiger partial charge >= 0.3 is 0 Å². The fourth-order valence-electron chi connectivity index (χ4n) is 0.889. The molecule has 2 heterocycles. The van der Waals surface area contributed by atoms with Gasteiger partial charge in [-0.1, -0.05) is 0 Å². The van der Waals surface area contributed by atoms with Crippen molar-refractivity contribution in [3.05, 3.63) is 17.8 Å². The van der Waals surface area contributed by atoms with E-state index in [9.17, 15) is 0 Å². The fourth-order valence-corrected chi connectivity index (χ4v) is 0.889. The molecule has 0 amide bonds. The van der Waals surface area contributed by atoms with Gasteiger partial charge < -0.3 is 4.42 Å². The third-order valence-corrected chi connectivity index (χ3v) is 1.35. The lowest BCUT2D eigenvalue weighted by molar-refractivity contribution is 0.503. The van der Waals surface area contributed by atoms with Gasteiger partial charge in [-0.2, -0.15) is 0 Å². The highest BCUT2D eigenvalue weighted by atomic mass is 16.3. The molecule has 0 unspecified atom stereocenters. The molecule has 3 nitrogen and oxygen atoms in total. The zero-order valence-corrected chi connectivity index (χ0v) is 4.87. The highest BCUT2D eigenvalue weighted by Crippen LogP contribution is 2.08. The molecule has 0 N–H and O–H groups in total. The standard InChI is InChI=1S/C6H6N2O/c1-2-7-3-5-6(1)9-4-8-5/h3-4H,1-2H2. The summed E-state index contributed by atoms with van der Waals surface area (Å²) in [7, 11) is 0. The van der Waals surface area contributed by atoms with Gasteiger partial charge in [0.1, 0.15) is 11.5 Å². The van der Waals surface area contributed by atoms with Crippen LogP contribution in [0.4, 0.5) is 0 Å². The topological polar surface area (TPSA) is 38.4 Å². The maximum atomic E-state index is 5.05. The summed E-state index contributed by atoms with van der Waals surface area (Å²) >= 11 is 0. The molecule has 0 bridgehead atoms. The van der Waals surface area contributed by atoms with Crippen molar-refractivity contribution >= 4 is 6.21 Å². The summed E-state index contributed by atoms with van der Waals surface area (Å²) in [6.45, 7) is 0.836. The van der Waals surface area contributed by atoms with E-state index in [-0.39, 0.29) is 0 Å². The number of oxazole rings is 1. The molecule has 0 atom stereocenters. The first-order chi connectivity index (χ1) is 4.47. The number of aromatic nitrogens is 1. The van der Waals surface area contributed by atoms with Crippen LogP contribution in [-0.4, -0.2) is 17.7 Å². The van der Waals surface area contributed by atoms with E-state index >= 15 is 0 Å². The highest BCUT2D eigenvalue weighted by molar-refractivity contribution is 5.78. The highest BCUT2D eigenvalue weighted by Gasteiger charge is 2.07. The van der Waals surface area contributed by atoms with Crippen molar-refractivity contribution in [2.45, 2.75) is 6.42 Å². The van der Waals surface area contributed by atoms with E-state index < -0.39 is 0 Å². The smallest absolute Gasteiger partial charge is 0.181 e. The summed E-state index contributed by atoms with van der Waals surface area (Å²) in [6.07, 6.45) is 4.11. The summed E-state index contributed by atoms with van der Waals surface area (Å²) in [4.78, 5) is 7.98. The van der Waals surface area contributed by atoms with Crippen LogP contribution in [0.2, 0.25) is 0 Å². The van der Waals surface area contributed by atoms with Gasteiger partial charge in [0.15, 0.2) is 6.39 Å². The molecule has 0 aromatic carbocycles. The molecule has 0 saturated carbocycles. The average molecular weight is 122 g/mol. The molecule has 3 heteroatoms. The Balaban J connectivity index is 2.53. The minimum absolute atomic E-state index is 0.836. The van der Waals surface area contributed by atoms with E-state index in [0.717, 1.165) is 24.4 Å². The van der Waals surface area contributed by atoms with Crippen molar-refractivity contribution in [2.75, 3.05) is 6.54 Å². The Morgan fingerprint density at radius 1 is 1.56 bits per heavy atom. The molecule has 46 valence electrons. The predicted octanol–water partition coefficient (Wildman–Crippen LogP) is 0.650. The summed E-state index contributed by atoms with van der Waals surface area (Å²) in [6, 6.07) is 0. The lowest BCUT2D eigenvalue weighted by Gasteiger charge is -1.97. The van der Waals surface area contributed by atoms with Crippen LogP contribution >= 0.6 is 0 Å². The van der Waals surface area contributed by atoms with Gasteiger partial charge in [-0.15, -0.1) is 0 Å². The Labute approximate surface area is 52.4 Å². The van der Waals surface area contributed by atoms with Gasteiger partial charge in [-0.3, -0.25) is 4.99 Å². The zero-order chi connectivity index (χ0) is 6.10. The van der Waals surface area contributed by atoms with E-state index in [0.29, 0.717) is 0 Å². The van der Waals surface area contributed by atoms with E-state index in [1.165, 1.54) is 6.39 Å². The maximum absolute atomic E-state index is 5.05. The molecule has 1 aromatic rings. The number of fused-ring (bicyclic) bond motifs is 1. The number of nitrogens with zero attached hydrogens (tertiary/aromatic N) is 2. The zero-order valence-electron chi connectivity index (χ0n) is 4.87. The third kappa shape index (κ3) is 0.650. The molecule has 2 rings (SSSR count). The van der Waals surface area contributed by atoms with Crippen LogP contribution in [0, 0.1) is 0 Å². The second-order valence-corrected chi connectivity index (χ2v) is 1.95. The summed E-state index contributed by atoms with van der Waals surface area (Å²) in [5, 5.41) is 0. The van der Waals surface area contributed by atoms with E-state index in [1.54, 1.807) is 6.21 Å². The van der Waals surface area contributed by atoms with E-state index in [2.05, 4.69) is 9.98 Å². The van der Waals surface area contributed by atoms with Crippen LogP contribution < -0.4 is 0 Å². The molecule has 9 heavy (non-hydrogen) atoms. The summed E-state index contributed by atoms with van der Waals surface area (Å²) < 4.78 is 5.05. The SMILES string of the molecule is C1=NCCc2ocnc21. The van der Waals surface area contributed by atoms with Crippen LogP contribution in [0.15, 0.2) is 15.8 Å². The summed E-state index contributed by atoms with van der Waals surface area (Å²) in [5.74, 6) is 0.963. The largest absolute Gasteiger partial charge is 0.448 e. The molecule has 0 saturated heterocycles. The van der Waals surface area contributed by atoms with Crippen LogP contribution in [0.1, 0.15) is 11.5 Å². The molecule has 0 spiro atoms. The normalized spacial score (nSPS) is 15.6. The Morgan fingerprint density at radius 2 is 2.56 bits per heavy atom. The third-order valence-electron chi connectivity index (χ3n) is 1.35. The quantitative estimate of drug-likeness (QED) is 0.506. The molecule has 0 fully saturated rings. The molecule has 0 aliphatic carbocycles. The van der Waals surface area contributed by atoms with Gasteiger partial charge in [0, 0.05) is 13.0 Å². The molecular weight excluding hydrogens is 116 g/mol. The Bertz CT molecular complexity index is 239.